The van der Waals surface area contributed by atoms with Gasteiger partial charge < -0.3 is 14.0 Å². The van der Waals surface area contributed by atoms with Crippen LogP contribution in [0, 0.1) is 13.8 Å². The topological polar surface area (TPSA) is 60.8 Å². The van der Waals surface area contributed by atoms with Gasteiger partial charge in [-0.2, -0.15) is 0 Å². The summed E-state index contributed by atoms with van der Waals surface area (Å²) >= 11 is 6.47. The van der Waals surface area contributed by atoms with Crippen LogP contribution in [0.5, 0.6) is 5.75 Å². The number of aromatic nitrogens is 1. The minimum atomic E-state index is -0.525. The van der Waals surface area contributed by atoms with E-state index in [1.54, 1.807) is 37.0 Å². The molecule has 1 amide bonds. The molecular formula is C29H29ClN2O4. The summed E-state index contributed by atoms with van der Waals surface area (Å²) in [5, 5.41) is 0.625. The Kier molecular flexibility index (Phi) is 7.36. The lowest BCUT2D eigenvalue weighted by Crippen LogP contribution is -2.24. The summed E-state index contributed by atoms with van der Waals surface area (Å²) in [6.07, 6.45) is 1.77. The normalized spacial score (nSPS) is 14.7. The van der Waals surface area contributed by atoms with E-state index in [9.17, 15) is 9.59 Å². The monoisotopic (exact) mass is 504 g/mol. The van der Waals surface area contributed by atoms with E-state index in [1.165, 1.54) is 0 Å². The Bertz CT molecular complexity index is 1380. The Balaban J connectivity index is 1.82. The standard InChI is InChI=1S/C29H29ClN2O4/c1-6-35-23-14-12-22(13-15-23)32-20(5)27(29(34)36-7-2)24(28(32)33)17-21-16-18(3)31(19(21)4)26-11-9-8-10-25(26)30/h8-17H,6-7H2,1-5H3/b24-17-. The lowest BCUT2D eigenvalue weighted by molar-refractivity contribution is -0.138. The van der Waals surface area contributed by atoms with Gasteiger partial charge in [0, 0.05) is 22.8 Å². The van der Waals surface area contributed by atoms with Gasteiger partial charge in [-0.3, -0.25) is 9.69 Å². The number of carbonyl (C=O) groups excluding carboxylic acids is 2. The van der Waals surface area contributed by atoms with Crippen LogP contribution in [0.4, 0.5) is 5.69 Å². The van der Waals surface area contributed by atoms with Crippen molar-refractivity contribution in [3.63, 3.8) is 0 Å². The molecule has 4 rings (SSSR count). The number of hydrogen-bond acceptors (Lipinski definition) is 4. The van der Waals surface area contributed by atoms with Gasteiger partial charge in [0.1, 0.15) is 5.75 Å². The van der Waals surface area contributed by atoms with Crippen LogP contribution in [-0.4, -0.2) is 29.7 Å². The average molecular weight is 505 g/mol. The number of hydrogen-bond donors (Lipinski definition) is 0. The second kappa shape index (κ2) is 10.5. The number of halogens is 1. The minimum Gasteiger partial charge on any atom is -0.494 e. The van der Waals surface area contributed by atoms with Crippen LogP contribution in [0.1, 0.15) is 37.7 Å². The molecule has 0 saturated heterocycles. The van der Waals surface area contributed by atoms with Gasteiger partial charge in [0.25, 0.3) is 5.91 Å². The molecule has 1 aliphatic heterocycles. The van der Waals surface area contributed by atoms with Crippen LogP contribution < -0.4 is 9.64 Å². The lowest BCUT2D eigenvalue weighted by Gasteiger charge is -2.18. The zero-order chi connectivity index (χ0) is 26.0. The molecule has 0 spiro atoms. The van der Waals surface area contributed by atoms with E-state index >= 15 is 0 Å². The zero-order valence-electron chi connectivity index (χ0n) is 21.1. The maximum atomic E-state index is 13.7. The summed E-state index contributed by atoms with van der Waals surface area (Å²) < 4.78 is 12.9. The third-order valence-corrected chi connectivity index (χ3v) is 6.47. The highest BCUT2D eigenvalue weighted by Gasteiger charge is 2.38. The molecule has 0 aliphatic carbocycles. The molecule has 3 aromatic rings. The first-order chi connectivity index (χ1) is 17.3. The number of ether oxygens (including phenoxy) is 2. The fourth-order valence-electron chi connectivity index (χ4n) is 4.54. The quantitative estimate of drug-likeness (QED) is 0.275. The first-order valence-electron chi connectivity index (χ1n) is 11.9. The van der Waals surface area contributed by atoms with Gasteiger partial charge in [0.05, 0.1) is 35.1 Å². The van der Waals surface area contributed by atoms with E-state index in [0.29, 0.717) is 34.3 Å². The fraction of sp³-hybridized carbons (Fsp3) is 0.241. The molecule has 6 nitrogen and oxygen atoms in total. The maximum absolute atomic E-state index is 13.7. The summed E-state index contributed by atoms with van der Waals surface area (Å²) in [4.78, 5) is 28.3. The van der Waals surface area contributed by atoms with Gasteiger partial charge >= 0.3 is 5.97 Å². The zero-order valence-corrected chi connectivity index (χ0v) is 21.8. The number of carbonyl (C=O) groups is 2. The number of benzene rings is 2. The Morgan fingerprint density at radius 1 is 1.00 bits per heavy atom. The van der Waals surface area contributed by atoms with Gasteiger partial charge in [-0.15, -0.1) is 0 Å². The van der Waals surface area contributed by atoms with Crippen LogP contribution in [0.15, 0.2) is 71.4 Å². The van der Waals surface area contributed by atoms with Crippen LogP contribution >= 0.6 is 11.6 Å². The van der Waals surface area contributed by atoms with E-state index < -0.39 is 5.97 Å². The second-order valence-electron chi connectivity index (χ2n) is 8.42. The van der Waals surface area contributed by atoms with E-state index in [-0.39, 0.29) is 18.1 Å². The van der Waals surface area contributed by atoms with Crippen molar-refractivity contribution < 1.29 is 19.1 Å². The van der Waals surface area contributed by atoms with Crippen molar-refractivity contribution in [1.29, 1.82) is 0 Å². The van der Waals surface area contributed by atoms with Gasteiger partial charge in [-0.1, -0.05) is 23.7 Å². The molecule has 0 fully saturated rings. The predicted octanol–water partition coefficient (Wildman–Crippen LogP) is 6.41. The summed E-state index contributed by atoms with van der Waals surface area (Å²) in [6.45, 7) is 10.1. The summed E-state index contributed by atoms with van der Waals surface area (Å²) in [5.74, 6) is -0.104. The van der Waals surface area contributed by atoms with E-state index in [2.05, 4.69) is 0 Å². The number of rotatable bonds is 7. The Labute approximate surface area is 216 Å². The molecule has 0 unspecified atom stereocenters. The van der Waals surface area contributed by atoms with Crippen molar-refractivity contribution in [2.45, 2.75) is 34.6 Å². The Morgan fingerprint density at radius 2 is 1.69 bits per heavy atom. The van der Waals surface area contributed by atoms with Crippen molar-refractivity contribution in [3.8, 4) is 11.4 Å². The maximum Gasteiger partial charge on any atom is 0.340 e. The lowest BCUT2D eigenvalue weighted by atomic mass is 10.0. The molecule has 0 bridgehead atoms. The highest BCUT2D eigenvalue weighted by molar-refractivity contribution is 6.32. The van der Waals surface area contributed by atoms with E-state index in [4.69, 9.17) is 21.1 Å². The molecule has 2 aromatic carbocycles. The largest absolute Gasteiger partial charge is 0.494 e. The van der Waals surface area contributed by atoms with Crippen molar-refractivity contribution in [3.05, 3.63) is 93.4 Å². The third-order valence-electron chi connectivity index (χ3n) is 6.15. The molecule has 1 aliphatic rings. The van der Waals surface area contributed by atoms with Crippen LogP contribution in [0.2, 0.25) is 5.02 Å². The van der Waals surface area contributed by atoms with E-state index in [1.807, 2.05) is 67.8 Å². The summed E-state index contributed by atoms with van der Waals surface area (Å²) in [6, 6.07) is 16.8. The number of allylic oxidation sites excluding steroid dienone is 1. The van der Waals surface area contributed by atoms with Crippen molar-refractivity contribution in [2.75, 3.05) is 18.1 Å². The predicted molar refractivity (Wildman–Crippen MR) is 143 cm³/mol. The first kappa shape index (κ1) is 25.3. The average Bonchev–Trinajstić information content (AvgIpc) is 3.26. The van der Waals surface area contributed by atoms with Gasteiger partial charge in [-0.25, -0.2) is 4.79 Å². The van der Waals surface area contributed by atoms with Gasteiger partial charge in [-0.05, 0) is 88.7 Å². The molecule has 0 N–H and O–H groups in total. The SMILES string of the molecule is CCOC(=O)C1=C(C)N(c2ccc(OCC)cc2)C(=O)/C1=C\c1cc(C)n(-c2ccccc2Cl)c1C. The number of nitrogens with zero attached hydrogens (tertiary/aromatic N) is 2. The fourth-order valence-corrected chi connectivity index (χ4v) is 4.76. The van der Waals surface area contributed by atoms with Gasteiger partial charge in [0.2, 0.25) is 0 Å². The van der Waals surface area contributed by atoms with Crippen molar-refractivity contribution in [1.82, 2.24) is 4.57 Å². The van der Waals surface area contributed by atoms with E-state index in [0.717, 1.165) is 22.6 Å². The number of amides is 1. The molecule has 2 heterocycles. The number of anilines is 1. The number of esters is 1. The summed E-state index contributed by atoms with van der Waals surface area (Å²) in [7, 11) is 0. The number of aryl methyl sites for hydroxylation is 1. The molecule has 0 atom stereocenters. The third kappa shape index (κ3) is 4.56. The van der Waals surface area contributed by atoms with Crippen molar-refractivity contribution in [2.24, 2.45) is 0 Å². The molecule has 1 aromatic heterocycles. The van der Waals surface area contributed by atoms with Crippen LogP contribution in [0.25, 0.3) is 11.8 Å². The van der Waals surface area contributed by atoms with Gasteiger partial charge in [0.15, 0.2) is 0 Å². The highest BCUT2D eigenvalue weighted by Crippen LogP contribution is 2.37. The molecule has 0 saturated carbocycles. The summed E-state index contributed by atoms with van der Waals surface area (Å²) in [5.41, 5.74) is 5.25. The molecule has 36 heavy (non-hydrogen) atoms. The molecule has 7 heteroatoms. The highest BCUT2D eigenvalue weighted by atomic mass is 35.5. The number of para-hydroxylation sites is 1. The van der Waals surface area contributed by atoms with Crippen LogP contribution in [0.3, 0.4) is 0 Å². The Hall–Kier alpha value is -3.77. The molecular weight excluding hydrogens is 476 g/mol. The smallest absolute Gasteiger partial charge is 0.340 e. The second-order valence-corrected chi connectivity index (χ2v) is 8.83. The minimum absolute atomic E-state index is 0.209. The van der Waals surface area contributed by atoms with Crippen molar-refractivity contribution >= 4 is 35.2 Å². The molecule has 0 radical (unpaired) electrons. The Morgan fingerprint density at radius 3 is 2.33 bits per heavy atom. The first-order valence-corrected chi connectivity index (χ1v) is 12.3. The van der Waals surface area contributed by atoms with Crippen LogP contribution in [-0.2, 0) is 14.3 Å². The molecule has 186 valence electrons.